The van der Waals surface area contributed by atoms with Crippen LogP contribution in [0.25, 0.3) is 22.0 Å². The van der Waals surface area contributed by atoms with E-state index in [1.165, 1.54) is 0 Å². The number of rotatable bonds is 14. The highest BCUT2D eigenvalue weighted by Gasteiger charge is 2.41. The van der Waals surface area contributed by atoms with E-state index in [-0.39, 0.29) is 50.1 Å². The molecular weight excluding hydrogens is 911 g/mol. The number of ether oxygens (including phenoxy) is 1. The van der Waals surface area contributed by atoms with E-state index in [4.69, 9.17) is 21.9 Å². The van der Waals surface area contributed by atoms with Crippen LogP contribution < -0.4 is 69.6 Å². The largest absolute Gasteiger partial charge is 0.481 e. The number of H-pyrrole nitrogens is 1. The van der Waals surface area contributed by atoms with Gasteiger partial charge >= 0.3 is 5.97 Å². The number of hydrogen-bond donors (Lipinski definition) is 14. The molecule has 17 N–H and O–H groups in total. The van der Waals surface area contributed by atoms with Gasteiger partial charge in [0.25, 0.3) is 0 Å². The zero-order valence-corrected chi connectivity index (χ0v) is 37.7. The first-order valence-corrected chi connectivity index (χ1v) is 22.5. The van der Waals surface area contributed by atoms with E-state index >= 15 is 0 Å². The van der Waals surface area contributed by atoms with Crippen LogP contribution in [0.1, 0.15) is 30.4 Å². The average Bonchev–Trinajstić information content (AvgIpc) is 3.96. The summed E-state index contributed by atoms with van der Waals surface area (Å²) in [7, 11) is 0. The minimum Gasteiger partial charge on any atom is -0.481 e. The minimum atomic E-state index is -1.84. The molecule has 0 aliphatic carbocycles. The molecule has 4 aliphatic heterocycles. The van der Waals surface area contributed by atoms with Crippen LogP contribution >= 0.6 is 0 Å². The van der Waals surface area contributed by atoms with Crippen LogP contribution in [0.3, 0.4) is 0 Å². The molecule has 0 unspecified atom stereocenters. The van der Waals surface area contributed by atoms with Gasteiger partial charge in [0.1, 0.15) is 42.0 Å². The molecule has 0 saturated heterocycles. The second-order valence-corrected chi connectivity index (χ2v) is 17.1. The zero-order valence-electron chi connectivity index (χ0n) is 37.7. The minimum absolute atomic E-state index is 0.0167. The number of benzene rings is 3. The predicted octanol–water partition coefficient (Wildman–Crippen LogP) is -4.93. The molecule has 8 bridgehead atoms. The van der Waals surface area contributed by atoms with Crippen molar-refractivity contribution in [2.75, 3.05) is 31.6 Å². The highest BCUT2D eigenvalue weighted by atomic mass is 16.5. The van der Waals surface area contributed by atoms with Gasteiger partial charge in [-0.15, -0.1) is 0 Å². The summed E-state index contributed by atoms with van der Waals surface area (Å²) in [5, 5.41) is 50.8. The molecule has 4 aliphatic rings. The lowest BCUT2D eigenvalue weighted by atomic mass is 9.95. The van der Waals surface area contributed by atoms with Crippen molar-refractivity contribution in [2.24, 2.45) is 17.2 Å². The number of aliphatic carboxylic acids is 1. The maximum Gasteiger partial charge on any atom is 0.326 e. The van der Waals surface area contributed by atoms with Crippen LogP contribution in [-0.2, 0) is 51.2 Å². The number of fused-ring (bicyclic) bond motifs is 7. The van der Waals surface area contributed by atoms with Crippen molar-refractivity contribution in [3.8, 4) is 5.75 Å². The lowest BCUT2D eigenvalue weighted by molar-refractivity contribution is -0.142. The van der Waals surface area contributed by atoms with Gasteiger partial charge in [-0.1, -0.05) is 54.6 Å². The van der Waals surface area contributed by atoms with Crippen LogP contribution in [-0.4, -0.2) is 142 Å². The predicted molar refractivity (Wildman–Crippen MR) is 251 cm³/mol. The van der Waals surface area contributed by atoms with Gasteiger partial charge in [0.2, 0.25) is 41.4 Å². The van der Waals surface area contributed by atoms with E-state index in [2.05, 4.69) is 42.2 Å². The van der Waals surface area contributed by atoms with E-state index in [0.29, 0.717) is 43.7 Å². The molecule has 5 heterocycles. The maximum atomic E-state index is 14.8. The van der Waals surface area contributed by atoms with Gasteiger partial charge in [-0.05, 0) is 59.9 Å². The number of aliphatic hydroxyl groups is 2. The normalized spacial score (nSPS) is 23.2. The number of hydrogen-bond acceptors (Lipinski definition) is 14. The Balaban J connectivity index is 1.34. The quantitative estimate of drug-likeness (QED) is 0.0563. The topological polar surface area (TPSA) is 385 Å². The van der Waals surface area contributed by atoms with Gasteiger partial charge in [0, 0.05) is 41.0 Å². The van der Waals surface area contributed by atoms with Crippen molar-refractivity contribution in [1.29, 1.82) is 0 Å². The van der Waals surface area contributed by atoms with Crippen molar-refractivity contribution < 1.29 is 58.4 Å². The fraction of sp³-hybridized carbons (Fsp3) is 0.362. The summed E-state index contributed by atoms with van der Waals surface area (Å²) in [5.41, 5.74) is 20.6. The lowest BCUT2D eigenvalue weighted by Crippen LogP contribution is -2.64. The first kappa shape index (κ1) is 50.0. The summed E-state index contributed by atoms with van der Waals surface area (Å²) >= 11 is 0. The molecule has 23 heteroatoms. The first-order valence-electron chi connectivity index (χ1n) is 22.5. The second-order valence-electron chi connectivity index (χ2n) is 17.1. The van der Waals surface area contributed by atoms with E-state index in [9.17, 15) is 53.7 Å². The Bertz CT molecular complexity index is 2820. The Morgan fingerprint density at radius 3 is 2.29 bits per heavy atom. The number of aromatic nitrogens is 1. The van der Waals surface area contributed by atoms with Crippen LogP contribution in [0.4, 0.5) is 5.69 Å². The molecule has 0 radical (unpaired) electrons. The number of nitrogens with one attached hydrogen (secondary N) is 8. The summed E-state index contributed by atoms with van der Waals surface area (Å²) in [4.78, 5) is 113. The van der Waals surface area contributed by atoms with E-state index in [1.807, 2.05) is 0 Å². The van der Waals surface area contributed by atoms with Gasteiger partial charge in [-0.2, -0.15) is 0 Å². The summed E-state index contributed by atoms with van der Waals surface area (Å²) in [5.74, 6) is -8.28. The van der Waals surface area contributed by atoms with Gasteiger partial charge in [-0.3, -0.25) is 33.6 Å². The van der Waals surface area contributed by atoms with Crippen LogP contribution in [0.15, 0.2) is 72.9 Å². The summed E-state index contributed by atoms with van der Waals surface area (Å²) in [6.07, 6.45) is -0.201. The summed E-state index contributed by atoms with van der Waals surface area (Å²) in [6.45, 7) is -1.89. The molecule has 0 spiro atoms. The number of amides is 7. The fourth-order valence-electron chi connectivity index (χ4n) is 8.72. The Hall–Kier alpha value is -7.86. The van der Waals surface area contributed by atoms with Crippen molar-refractivity contribution in [3.05, 3.63) is 94.5 Å². The highest BCUT2D eigenvalue weighted by Crippen LogP contribution is 2.31. The number of carbonyl (C=O) groups excluding carboxylic acids is 7. The first-order chi connectivity index (χ1) is 33.6. The number of carboxylic acids is 1. The molecular formula is C47H55N11O12. The Morgan fingerprint density at radius 2 is 1.59 bits per heavy atom. The Morgan fingerprint density at radius 1 is 0.843 bits per heavy atom. The van der Waals surface area contributed by atoms with Crippen LogP contribution in [0.5, 0.6) is 5.75 Å². The molecule has 8 rings (SSSR count). The van der Waals surface area contributed by atoms with Crippen LogP contribution in [0, 0.1) is 0 Å². The monoisotopic (exact) mass is 965 g/mol. The average molecular weight is 966 g/mol. The number of primary amides is 1. The van der Waals surface area contributed by atoms with E-state index in [1.54, 1.807) is 72.9 Å². The smallest absolute Gasteiger partial charge is 0.326 e. The molecule has 370 valence electrons. The van der Waals surface area contributed by atoms with Gasteiger partial charge < -0.3 is 79.5 Å². The highest BCUT2D eigenvalue weighted by molar-refractivity contribution is 6.02. The van der Waals surface area contributed by atoms with Crippen LogP contribution in [0.2, 0.25) is 0 Å². The second kappa shape index (κ2) is 22.1. The number of para-hydroxylation sites is 1. The number of carbonyl (C=O) groups is 8. The summed E-state index contributed by atoms with van der Waals surface area (Å²) < 4.78 is 6.76. The Labute approximate surface area is 399 Å². The van der Waals surface area contributed by atoms with Gasteiger partial charge in [-0.25, -0.2) is 4.79 Å². The molecule has 70 heavy (non-hydrogen) atoms. The number of nitrogens with two attached hydrogens (primary N) is 3. The van der Waals surface area contributed by atoms with Gasteiger partial charge in [0.05, 0.1) is 31.2 Å². The number of carboxylic acid groups (broad SMARTS) is 1. The number of anilines is 1. The number of aromatic amines is 1. The third-order valence-electron chi connectivity index (χ3n) is 12.3. The SMILES string of the molecule is NCCC/C1=c2/ccc3c(c2)NCC=3[C@H]2Oc3cccc4c(c[nH]c34)C[C@H](N)C(=O)N[C@@H](CC(N)=O)C(=O)N[C@@H]2C(=O)N[C@@H](CO)C(=O)N[C@@H]1C(=O)N[C@@H](CO)C(=O)N[C@@H](Cc1ccccc1)C(=O)O. The third kappa shape index (κ3) is 11.2. The molecule has 0 saturated carbocycles. The van der Waals surface area contributed by atoms with Crippen molar-refractivity contribution in [3.63, 3.8) is 0 Å². The Kier molecular flexibility index (Phi) is 15.8. The fourth-order valence-corrected chi connectivity index (χ4v) is 8.72. The number of aliphatic hydroxyl groups excluding tert-OH is 2. The van der Waals surface area contributed by atoms with Gasteiger partial charge in [0.15, 0.2) is 6.10 Å². The molecule has 3 aromatic carbocycles. The molecule has 4 aromatic rings. The molecule has 8 atom stereocenters. The van der Waals surface area contributed by atoms with E-state index in [0.717, 1.165) is 0 Å². The van der Waals surface area contributed by atoms with Crippen molar-refractivity contribution in [1.82, 2.24) is 36.9 Å². The zero-order chi connectivity index (χ0) is 50.2. The summed E-state index contributed by atoms with van der Waals surface area (Å²) in [6, 6.07) is 7.23. The third-order valence-corrected chi connectivity index (χ3v) is 12.3. The maximum absolute atomic E-state index is 14.8. The van der Waals surface area contributed by atoms with Crippen molar-refractivity contribution >= 4 is 75.1 Å². The molecule has 1 aromatic heterocycles. The molecule has 0 fully saturated rings. The van der Waals surface area contributed by atoms with Crippen molar-refractivity contribution in [2.45, 2.75) is 80.5 Å². The molecule has 23 nitrogen and oxygen atoms in total. The standard InChI is InChI=1S/C47H55N11O12/c48-13-5-9-25-23-11-12-27-28(19-51-30(27)16-23)40-39(58-42(63)31(17-36(50)61)53-41(62)29(49)15-24-18-52-37-26(24)8-4-10-35(37)70-40)46(67)56-34(21-60)44(65)57-38(25)45(66)55-33(20-59)43(64)54-32(47(68)69)14-22-6-2-1-3-7-22/h1-4,6-8,10-12,16,18,29,31-34,38-40,51-52,59-60H,5,9,13-15,17,19-21,48-49H2,(H2,50,61)(H,53,62)(H,54,64)(H,55,66)(H,56,67)(H,57,65)(H,58,63)(H,68,69)/b25-23+/t29-,31-,32-,33-,34-,38-,39-,40+/m0/s1. The lowest BCUT2D eigenvalue weighted by Gasteiger charge is -2.32. The molecule has 7 amide bonds. The van der Waals surface area contributed by atoms with E-state index < -0.39 is 115 Å².